The zero-order chi connectivity index (χ0) is 22.7. The molecule has 0 bridgehead atoms. The fraction of sp³-hybridized carbons (Fsp3) is 0.391. The van der Waals surface area contributed by atoms with Gasteiger partial charge in [0.05, 0.1) is 18.7 Å². The number of carbonyl (C=O) groups is 3. The zero-order valence-corrected chi connectivity index (χ0v) is 18.5. The van der Waals surface area contributed by atoms with Crippen LogP contribution in [0.2, 0.25) is 5.02 Å². The van der Waals surface area contributed by atoms with E-state index in [0.717, 1.165) is 0 Å². The summed E-state index contributed by atoms with van der Waals surface area (Å²) in [6, 6.07) is 8.46. The minimum absolute atomic E-state index is 0.0196. The van der Waals surface area contributed by atoms with Crippen LogP contribution in [0.4, 0.5) is 5.69 Å². The maximum atomic E-state index is 12.9. The number of hydrogen-bond donors (Lipinski definition) is 1. The Labute approximate surface area is 191 Å². The first kappa shape index (κ1) is 22.1. The highest BCUT2D eigenvalue weighted by molar-refractivity contribution is 6.31. The highest BCUT2D eigenvalue weighted by Crippen LogP contribution is 2.35. The van der Waals surface area contributed by atoms with Gasteiger partial charge in [0.1, 0.15) is 5.75 Å². The Bertz CT molecular complexity index is 1010. The molecule has 1 unspecified atom stereocenters. The van der Waals surface area contributed by atoms with E-state index in [0.29, 0.717) is 48.0 Å². The molecule has 168 valence electrons. The van der Waals surface area contributed by atoms with E-state index < -0.39 is 5.92 Å². The molecule has 0 saturated carbocycles. The molecule has 2 aliphatic rings. The summed E-state index contributed by atoms with van der Waals surface area (Å²) >= 11 is 6.10. The number of rotatable bonds is 5. The maximum absolute atomic E-state index is 12.9. The van der Waals surface area contributed by atoms with E-state index in [2.05, 4.69) is 10.3 Å². The number of benzene rings is 1. The quantitative estimate of drug-likeness (QED) is 0.746. The van der Waals surface area contributed by atoms with Gasteiger partial charge in [-0.2, -0.15) is 0 Å². The standard InChI is InChI=1S/C23H25ClN4O4/c1-32-20-3-2-17(24)13-19(20)28-14-16(12-21(28)29)22(30)26-18-6-10-27(11-7-18)23(31)15-4-8-25-9-5-15/h2-5,8-9,13,16,18H,6-7,10-12,14H2,1H3,(H,26,30). The van der Waals surface area contributed by atoms with Crippen LogP contribution >= 0.6 is 11.6 Å². The second-order valence-corrected chi connectivity index (χ2v) is 8.47. The molecule has 3 heterocycles. The molecule has 1 aromatic carbocycles. The van der Waals surface area contributed by atoms with Crippen molar-refractivity contribution >= 4 is 35.0 Å². The van der Waals surface area contributed by atoms with Crippen molar-refractivity contribution in [3.05, 3.63) is 53.3 Å². The third-order valence-electron chi connectivity index (χ3n) is 5.98. The van der Waals surface area contributed by atoms with E-state index in [4.69, 9.17) is 16.3 Å². The Morgan fingerprint density at radius 3 is 2.56 bits per heavy atom. The molecule has 2 aromatic rings. The first-order chi connectivity index (χ1) is 15.5. The van der Waals surface area contributed by atoms with Crippen LogP contribution in [0, 0.1) is 5.92 Å². The van der Waals surface area contributed by atoms with Gasteiger partial charge in [-0.25, -0.2) is 0 Å². The molecule has 2 fully saturated rings. The number of amides is 3. The van der Waals surface area contributed by atoms with Crippen LogP contribution < -0.4 is 15.0 Å². The molecule has 2 saturated heterocycles. The van der Waals surface area contributed by atoms with Crippen LogP contribution in [0.25, 0.3) is 0 Å². The lowest BCUT2D eigenvalue weighted by Crippen LogP contribution is -2.48. The highest BCUT2D eigenvalue weighted by atomic mass is 35.5. The van der Waals surface area contributed by atoms with Crippen molar-refractivity contribution in [1.29, 1.82) is 0 Å². The average Bonchev–Trinajstić information content (AvgIpc) is 3.21. The van der Waals surface area contributed by atoms with Crippen LogP contribution in [0.5, 0.6) is 5.75 Å². The first-order valence-electron chi connectivity index (χ1n) is 10.6. The van der Waals surface area contributed by atoms with Gasteiger partial charge < -0.3 is 19.9 Å². The van der Waals surface area contributed by atoms with Gasteiger partial charge in [-0.15, -0.1) is 0 Å². The Balaban J connectivity index is 1.32. The van der Waals surface area contributed by atoms with Crippen molar-refractivity contribution in [2.75, 3.05) is 31.6 Å². The summed E-state index contributed by atoms with van der Waals surface area (Å²) in [7, 11) is 1.53. The van der Waals surface area contributed by atoms with Crippen LogP contribution in [0.1, 0.15) is 29.6 Å². The topological polar surface area (TPSA) is 91.8 Å². The number of anilines is 1. The molecule has 8 nitrogen and oxygen atoms in total. The van der Waals surface area contributed by atoms with Crippen LogP contribution in [0.3, 0.4) is 0 Å². The van der Waals surface area contributed by atoms with E-state index in [1.165, 1.54) is 7.11 Å². The van der Waals surface area contributed by atoms with Crippen molar-refractivity contribution in [1.82, 2.24) is 15.2 Å². The Hall–Kier alpha value is -3.13. The van der Waals surface area contributed by atoms with Crippen molar-refractivity contribution in [3.8, 4) is 5.75 Å². The lowest BCUT2D eigenvalue weighted by atomic mass is 10.0. The molecule has 1 aromatic heterocycles. The van der Waals surface area contributed by atoms with Crippen molar-refractivity contribution < 1.29 is 19.1 Å². The number of nitrogens with one attached hydrogen (secondary N) is 1. The second kappa shape index (κ2) is 9.56. The lowest BCUT2D eigenvalue weighted by Gasteiger charge is -2.33. The third kappa shape index (κ3) is 4.70. The summed E-state index contributed by atoms with van der Waals surface area (Å²) in [5, 5.41) is 3.56. The maximum Gasteiger partial charge on any atom is 0.253 e. The number of likely N-dealkylation sites (tertiary alicyclic amines) is 1. The van der Waals surface area contributed by atoms with Crippen LogP contribution in [-0.2, 0) is 9.59 Å². The summed E-state index contributed by atoms with van der Waals surface area (Å²) in [4.78, 5) is 45.3. The molecule has 32 heavy (non-hydrogen) atoms. The predicted molar refractivity (Wildman–Crippen MR) is 120 cm³/mol. The Morgan fingerprint density at radius 2 is 1.88 bits per heavy atom. The van der Waals surface area contributed by atoms with E-state index in [1.807, 2.05) is 0 Å². The molecule has 0 radical (unpaired) electrons. The van der Waals surface area contributed by atoms with E-state index in [9.17, 15) is 14.4 Å². The number of hydrogen-bond acceptors (Lipinski definition) is 5. The van der Waals surface area contributed by atoms with Gasteiger partial charge in [0.2, 0.25) is 11.8 Å². The van der Waals surface area contributed by atoms with Gasteiger partial charge in [-0.1, -0.05) is 11.6 Å². The second-order valence-electron chi connectivity index (χ2n) is 8.03. The van der Waals surface area contributed by atoms with Crippen molar-refractivity contribution in [2.45, 2.75) is 25.3 Å². The average molecular weight is 457 g/mol. The molecule has 4 rings (SSSR count). The number of halogens is 1. The summed E-state index contributed by atoms with van der Waals surface area (Å²) < 4.78 is 5.35. The van der Waals surface area contributed by atoms with Crippen LogP contribution in [-0.4, -0.2) is 60.4 Å². The smallest absolute Gasteiger partial charge is 0.253 e. The first-order valence-corrected chi connectivity index (χ1v) is 11.0. The van der Waals surface area contributed by atoms with Crippen LogP contribution in [0.15, 0.2) is 42.7 Å². The van der Waals surface area contributed by atoms with Gasteiger partial charge in [0.15, 0.2) is 0 Å². The minimum Gasteiger partial charge on any atom is -0.495 e. The van der Waals surface area contributed by atoms with Crippen molar-refractivity contribution in [3.63, 3.8) is 0 Å². The monoisotopic (exact) mass is 456 g/mol. The van der Waals surface area contributed by atoms with Gasteiger partial charge in [-0.05, 0) is 43.2 Å². The predicted octanol–water partition coefficient (Wildman–Crippen LogP) is 2.52. The molecular formula is C23H25ClN4O4. The SMILES string of the molecule is COc1ccc(Cl)cc1N1CC(C(=O)NC2CCN(C(=O)c3ccncc3)CC2)CC1=O. The van der Waals surface area contributed by atoms with Gasteiger partial charge in [-0.3, -0.25) is 19.4 Å². The molecule has 0 spiro atoms. The summed E-state index contributed by atoms with van der Waals surface area (Å²) in [5.41, 5.74) is 1.19. The Morgan fingerprint density at radius 1 is 1.16 bits per heavy atom. The number of methoxy groups -OCH3 is 1. The molecule has 2 aliphatic heterocycles. The van der Waals surface area contributed by atoms with Gasteiger partial charge in [0.25, 0.3) is 5.91 Å². The number of carbonyl (C=O) groups excluding carboxylic acids is 3. The molecule has 9 heteroatoms. The molecule has 3 amide bonds. The summed E-state index contributed by atoms with van der Waals surface area (Å²) in [6.45, 7) is 1.42. The highest BCUT2D eigenvalue weighted by Gasteiger charge is 2.37. The molecule has 1 N–H and O–H groups in total. The number of piperidine rings is 1. The molecular weight excluding hydrogens is 432 g/mol. The zero-order valence-electron chi connectivity index (χ0n) is 17.8. The Kier molecular flexibility index (Phi) is 6.60. The summed E-state index contributed by atoms with van der Waals surface area (Å²) in [6.07, 6.45) is 4.70. The third-order valence-corrected chi connectivity index (χ3v) is 6.22. The fourth-order valence-corrected chi connectivity index (χ4v) is 4.38. The normalized spacial score (nSPS) is 19.2. The molecule has 0 aliphatic carbocycles. The fourth-order valence-electron chi connectivity index (χ4n) is 4.21. The van der Waals surface area contributed by atoms with E-state index in [1.54, 1.807) is 52.5 Å². The van der Waals surface area contributed by atoms with Gasteiger partial charge in [0, 0.05) is 55.1 Å². The summed E-state index contributed by atoms with van der Waals surface area (Å²) in [5.74, 6) is -0.202. The number of pyridine rings is 1. The van der Waals surface area contributed by atoms with E-state index >= 15 is 0 Å². The van der Waals surface area contributed by atoms with Gasteiger partial charge >= 0.3 is 0 Å². The number of nitrogens with zero attached hydrogens (tertiary/aromatic N) is 3. The number of ether oxygens (including phenoxy) is 1. The van der Waals surface area contributed by atoms with E-state index in [-0.39, 0.29) is 36.7 Å². The lowest BCUT2D eigenvalue weighted by molar-refractivity contribution is -0.127. The minimum atomic E-state index is -0.442. The number of aromatic nitrogens is 1. The molecule has 1 atom stereocenters. The van der Waals surface area contributed by atoms with Crippen molar-refractivity contribution in [2.24, 2.45) is 5.92 Å². The largest absolute Gasteiger partial charge is 0.495 e.